The molecule has 0 atom stereocenters. The van der Waals surface area contributed by atoms with Crippen LogP contribution in [0.2, 0.25) is 0 Å². The number of hydrogen-bond acceptors (Lipinski definition) is 5. The molecule has 1 heterocycles. The molecule has 0 radical (unpaired) electrons. The molecule has 6 nitrogen and oxygen atoms in total. The van der Waals surface area contributed by atoms with E-state index in [0.717, 1.165) is 28.2 Å². The van der Waals surface area contributed by atoms with Crippen molar-refractivity contribution in [2.45, 2.75) is 33.6 Å². The first-order valence-electron chi connectivity index (χ1n) is 10.5. The van der Waals surface area contributed by atoms with Crippen LogP contribution in [0.4, 0.5) is 18.9 Å². The maximum Gasteiger partial charge on any atom is 0.573 e. The number of rotatable bonds is 9. The maximum atomic E-state index is 13.3. The third kappa shape index (κ3) is 5.92. The van der Waals surface area contributed by atoms with Crippen molar-refractivity contribution >= 4 is 23.1 Å². The Morgan fingerprint density at radius 2 is 1.70 bits per heavy atom. The lowest BCUT2D eigenvalue weighted by Crippen LogP contribution is -2.34. The highest BCUT2D eigenvalue weighted by Crippen LogP contribution is 2.33. The number of anilines is 1. The van der Waals surface area contributed by atoms with Gasteiger partial charge >= 0.3 is 6.36 Å². The molecule has 1 aliphatic heterocycles. The molecule has 0 aromatic heterocycles. The smallest absolute Gasteiger partial charge is 0.406 e. The fourth-order valence-electron chi connectivity index (χ4n) is 3.59. The molecule has 0 unspecified atom stereocenters. The lowest BCUT2D eigenvalue weighted by molar-refractivity contribution is -0.274. The Balaban J connectivity index is 1.93. The van der Waals surface area contributed by atoms with Crippen molar-refractivity contribution in [2.24, 2.45) is 0 Å². The number of ether oxygens (including phenoxy) is 2. The van der Waals surface area contributed by atoms with Gasteiger partial charge in [-0.25, -0.2) is 0 Å². The van der Waals surface area contributed by atoms with Crippen molar-refractivity contribution in [1.29, 1.82) is 0 Å². The average Bonchev–Trinajstić information content (AvgIpc) is 2.96. The number of amides is 2. The van der Waals surface area contributed by atoms with Gasteiger partial charge in [-0.2, -0.15) is 0 Å². The quantitative estimate of drug-likeness (QED) is 0.428. The second-order valence-electron chi connectivity index (χ2n) is 7.58. The number of alkyl halides is 3. The predicted molar refractivity (Wildman–Crippen MR) is 117 cm³/mol. The van der Waals surface area contributed by atoms with E-state index in [4.69, 9.17) is 4.74 Å². The summed E-state index contributed by atoms with van der Waals surface area (Å²) < 4.78 is 46.4. The number of halogens is 3. The molecular formula is C24H25F3N2O4. The molecular weight excluding hydrogens is 437 g/mol. The van der Waals surface area contributed by atoms with E-state index in [2.05, 4.69) is 10.1 Å². The van der Waals surface area contributed by atoms with Gasteiger partial charge in [0.15, 0.2) is 0 Å². The second-order valence-corrected chi connectivity index (χ2v) is 7.58. The lowest BCUT2D eigenvalue weighted by Gasteiger charge is -2.15. The van der Waals surface area contributed by atoms with E-state index in [0.29, 0.717) is 30.9 Å². The predicted octanol–water partition coefficient (Wildman–Crippen LogP) is 4.82. The first-order valence-corrected chi connectivity index (χ1v) is 10.5. The van der Waals surface area contributed by atoms with Crippen molar-refractivity contribution in [3.63, 3.8) is 0 Å². The van der Waals surface area contributed by atoms with Crippen molar-refractivity contribution in [3.8, 4) is 5.75 Å². The summed E-state index contributed by atoms with van der Waals surface area (Å²) in [5, 5.41) is 2.93. The van der Waals surface area contributed by atoms with Gasteiger partial charge in [-0.05, 0) is 62.6 Å². The molecule has 33 heavy (non-hydrogen) atoms. The van der Waals surface area contributed by atoms with Gasteiger partial charge in [0.05, 0.1) is 5.57 Å². The zero-order chi connectivity index (χ0) is 24.2. The van der Waals surface area contributed by atoms with E-state index < -0.39 is 18.2 Å². The number of hydrogen-bond donors (Lipinski definition) is 1. The molecule has 0 fully saturated rings. The summed E-state index contributed by atoms with van der Waals surface area (Å²) in [6, 6.07) is 10.5. The minimum absolute atomic E-state index is 0.0767. The Kier molecular flexibility index (Phi) is 7.43. The number of imide groups is 1. The second kappa shape index (κ2) is 10.1. The van der Waals surface area contributed by atoms with Crippen LogP contribution in [-0.4, -0.2) is 42.8 Å². The monoisotopic (exact) mass is 462 g/mol. The number of carbonyl (C=O) groups is 2. The molecule has 1 N–H and O–H groups in total. The zero-order valence-electron chi connectivity index (χ0n) is 18.6. The summed E-state index contributed by atoms with van der Waals surface area (Å²) in [6.07, 6.45) is -4.31. The van der Waals surface area contributed by atoms with Crippen LogP contribution >= 0.6 is 0 Å². The van der Waals surface area contributed by atoms with Crippen LogP contribution in [0.15, 0.2) is 48.2 Å². The summed E-state index contributed by atoms with van der Waals surface area (Å²) in [4.78, 5) is 27.6. The number of nitrogens with one attached hydrogen (secondary N) is 1. The minimum atomic E-state index is -4.80. The first kappa shape index (κ1) is 24.3. The zero-order valence-corrected chi connectivity index (χ0v) is 18.6. The fraction of sp³-hybridized carbons (Fsp3) is 0.333. The molecule has 2 aromatic carbocycles. The largest absolute Gasteiger partial charge is 0.573 e. The van der Waals surface area contributed by atoms with E-state index >= 15 is 0 Å². The summed E-state index contributed by atoms with van der Waals surface area (Å²) in [5.41, 5.74) is 3.11. The lowest BCUT2D eigenvalue weighted by atomic mass is 9.97. The Morgan fingerprint density at radius 3 is 2.30 bits per heavy atom. The fourth-order valence-corrected chi connectivity index (χ4v) is 3.59. The summed E-state index contributed by atoms with van der Waals surface area (Å²) >= 11 is 0. The highest BCUT2D eigenvalue weighted by Gasteiger charge is 2.39. The van der Waals surface area contributed by atoms with Crippen molar-refractivity contribution in [1.82, 2.24) is 4.90 Å². The summed E-state index contributed by atoms with van der Waals surface area (Å²) in [5.74, 6) is -1.31. The summed E-state index contributed by atoms with van der Waals surface area (Å²) in [6.45, 7) is 6.78. The van der Waals surface area contributed by atoms with Crippen molar-refractivity contribution in [2.75, 3.05) is 25.1 Å². The molecule has 0 bridgehead atoms. The molecule has 9 heteroatoms. The van der Waals surface area contributed by atoms with Crippen LogP contribution in [0, 0.1) is 13.8 Å². The highest BCUT2D eigenvalue weighted by atomic mass is 19.4. The van der Waals surface area contributed by atoms with Crippen LogP contribution in [-0.2, 0) is 14.3 Å². The molecule has 3 rings (SSSR count). The molecule has 0 saturated heterocycles. The number of nitrogens with zero attached hydrogens (tertiary/aromatic N) is 1. The van der Waals surface area contributed by atoms with Gasteiger partial charge < -0.3 is 14.8 Å². The standard InChI is InChI=1S/C24H25F3N2O4/c1-4-32-13-5-12-29-22(30)20(19-11-6-15(2)14-16(19)3)21(23(29)31)28-17-7-9-18(10-8-17)33-24(25,26)27/h6-11,14,28H,4-5,12-13H2,1-3H3. The van der Waals surface area contributed by atoms with Crippen molar-refractivity contribution < 1.29 is 32.2 Å². The molecule has 1 aliphatic rings. The molecule has 2 amide bonds. The minimum Gasteiger partial charge on any atom is -0.406 e. The Morgan fingerprint density at radius 1 is 1.00 bits per heavy atom. The molecule has 0 aliphatic carbocycles. The maximum absolute atomic E-state index is 13.3. The van der Waals surface area contributed by atoms with Crippen LogP contribution < -0.4 is 10.1 Å². The van der Waals surface area contributed by atoms with Crippen LogP contribution in [0.3, 0.4) is 0 Å². The van der Waals surface area contributed by atoms with Gasteiger partial charge in [0, 0.05) is 25.4 Å². The molecule has 2 aromatic rings. The normalized spacial score (nSPS) is 14.3. The van der Waals surface area contributed by atoms with Crippen LogP contribution in [0.25, 0.3) is 5.57 Å². The first-order chi connectivity index (χ1) is 15.6. The van der Waals surface area contributed by atoms with Gasteiger partial charge in [0.25, 0.3) is 11.8 Å². The Hall–Kier alpha value is -3.33. The van der Waals surface area contributed by atoms with E-state index in [9.17, 15) is 22.8 Å². The van der Waals surface area contributed by atoms with Gasteiger partial charge in [-0.3, -0.25) is 14.5 Å². The molecule has 0 spiro atoms. The van der Waals surface area contributed by atoms with Gasteiger partial charge in [-0.15, -0.1) is 13.2 Å². The van der Waals surface area contributed by atoms with Gasteiger partial charge in [-0.1, -0.05) is 23.8 Å². The van der Waals surface area contributed by atoms with Crippen molar-refractivity contribution in [3.05, 3.63) is 64.9 Å². The molecule has 0 saturated carbocycles. The number of benzene rings is 2. The third-order valence-electron chi connectivity index (χ3n) is 5.05. The SMILES string of the molecule is CCOCCCN1C(=O)C(Nc2ccc(OC(F)(F)F)cc2)=C(c2ccc(C)cc2C)C1=O. The Bertz CT molecular complexity index is 1060. The van der Waals surface area contributed by atoms with E-state index in [1.807, 2.05) is 32.9 Å². The van der Waals surface area contributed by atoms with Gasteiger partial charge in [0.1, 0.15) is 11.4 Å². The van der Waals surface area contributed by atoms with Crippen LogP contribution in [0.1, 0.15) is 30.0 Å². The summed E-state index contributed by atoms with van der Waals surface area (Å²) in [7, 11) is 0. The van der Waals surface area contributed by atoms with Gasteiger partial charge in [0.2, 0.25) is 0 Å². The van der Waals surface area contributed by atoms with E-state index in [-0.39, 0.29) is 23.6 Å². The average molecular weight is 462 g/mol. The third-order valence-corrected chi connectivity index (χ3v) is 5.05. The highest BCUT2D eigenvalue weighted by molar-refractivity contribution is 6.36. The number of aryl methyl sites for hydroxylation is 2. The topological polar surface area (TPSA) is 67.9 Å². The van der Waals surface area contributed by atoms with Crippen LogP contribution in [0.5, 0.6) is 5.75 Å². The number of carbonyl (C=O) groups excluding carboxylic acids is 2. The Labute approximate surface area is 190 Å². The van der Waals surface area contributed by atoms with E-state index in [1.54, 1.807) is 6.07 Å². The molecule has 176 valence electrons. The van der Waals surface area contributed by atoms with E-state index in [1.165, 1.54) is 12.1 Å².